The zero-order chi connectivity index (χ0) is 21.7. The fourth-order valence-electron chi connectivity index (χ4n) is 4.16. The van der Waals surface area contributed by atoms with E-state index in [-0.39, 0.29) is 5.63 Å². The zero-order valence-corrected chi connectivity index (χ0v) is 19.9. The molecule has 0 fully saturated rings. The van der Waals surface area contributed by atoms with Gasteiger partial charge in [-0.1, -0.05) is 102 Å². The van der Waals surface area contributed by atoms with Crippen LogP contribution >= 0.6 is 11.8 Å². The molecule has 0 saturated heterocycles. The molecular weight excluding hydrogens is 404 g/mol. The smallest absolute Gasteiger partial charge is 0.336 e. The molecule has 0 amide bonds. The molecule has 0 radical (unpaired) electrons. The number of unbranched alkanes of at least 4 members (excludes halogenated alkanes) is 13. The van der Waals surface area contributed by atoms with Crippen molar-refractivity contribution in [2.24, 2.45) is 0 Å². The summed E-state index contributed by atoms with van der Waals surface area (Å²) < 4.78 is 11.3. The molecule has 3 aromatic rings. The predicted octanol–water partition coefficient (Wildman–Crippen LogP) is 9.11. The predicted molar refractivity (Wildman–Crippen MR) is 133 cm³/mol. The summed E-state index contributed by atoms with van der Waals surface area (Å²) in [6.07, 6.45) is 19.4. The van der Waals surface area contributed by atoms with E-state index in [1.807, 2.05) is 18.2 Å². The van der Waals surface area contributed by atoms with E-state index in [4.69, 9.17) is 8.83 Å². The third-order valence-electron chi connectivity index (χ3n) is 6.00. The Morgan fingerprint density at radius 3 is 1.94 bits per heavy atom. The molecule has 0 saturated carbocycles. The van der Waals surface area contributed by atoms with Crippen molar-refractivity contribution in [2.75, 3.05) is 5.75 Å². The maximum absolute atomic E-state index is 11.6. The first-order valence-electron chi connectivity index (χ1n) is 12.4. The summed E-state index contributed by atoms with van der Waals surface area (Å²) in [5, 5.41) is 2.72. The van der Waals surface area contributed by atoms with E-state index in [1.54, 1.807) is 17.8 Å². The Labute approximate surface area is 191 Å². The lowest BCUT2D eigenvalue weighted by Gasteiger charge is -2.03. The van der Waals surface area contributed by atoms with Gasteiger partial charge in [0.1, 0.15) is 11.2 Å². The fraction of sp³-hybridized carbons (Fsp3) is 0.593. The van der Waals surface area contributed by atoms with Gasteiger partial charge < -0.3 is 8.83 Å². The molecule has 170 valence electrons. The minimum atomic E-state index is -0.321. The highest BCUT2D eigenvalue weighted by atomic mass is 32.2. The number of fused-ring (bicyclic) bond motifs is 3. The molecule has 0 spiro atoms. The van der Waals surface area contributed by atoms with Crippen LogP contribution in [0.15, 0.2) is 49.1 Å². The molecule has 2 heterocycles. The Morgan fingerprint density at radius 1 is 0.710 bits per heavy atom. The molecule has 2 aromatic heterocycles. The van der Waals surface area contributed by atoms with Crippen LogP contribution in [0, 0.1) is 0 Å². The summed E-state index contributed by atoms with van der Waals surface area (Å²) in [5.41, 5.74) is 1.08. The summed E-state index contributed by atoms with van der Waals surface area (Å²) in [6.45, 7) is 2.28. The van der Waals surface area contributed by atoms with Gasteiger partial charge in [-0.3, -0.25) is 0 Å². The van der Waals surface area contributed by atoms with E-state index >= 15 is 0 Å². The van der Waals surface area contributed by atoms with E-state index in [0.29, 0.717) is 5.58 Å². The molecule has 0 atom stereocenters. The standard InChI is InChI=1S/C27H38O3S/c1-2-3-4-5-6-7-8-9-10-11-12-13-14-15-20-31-26-21-23-24(29-26)18-16-22-17-19-25(28)30-27(22)23/h16-19,21H,2-15,20H2,1H3. The Hall–Kier alpha value is -1.68. The molecule has 0 aliphatic carbocycles. The van der Waals surface area contributed by atoms with Crippen molar-refractivity contribution in [1.82, 2.24) is 0 Å². The van der Waals surface area contributed by atoms with Crippen LogP contribution in [-0.4, -0.2) is 5.75 Å². The van der Waals surface area contributed by atoms with E-state index in [1.165, 1.54) is 96.0 Å². The third-order valence-corrected chi connectivity index (χ3v) is 6.98. The molecule has 0 bridgehead atoms. The van der Waals surface area contributed by atoms with E-state index in [0.717, 1.165) is 27.2 Å². The van der Waals surface area contributed by atoms with Gasteiger partial charge in [-0.25, -0.2) is 4.79 Å². The van der Waals surface area contributed by atoms with Crippen LogP contribution < -0.4 is 5.63 Å². The van der Waals surface area contributed by atoms with Gasteiger partial charge in [0.05, 0.1) is 5.39 Å². The van der Waals surface area contributed by atoms with Crippen molar-refractivity contribution in [1.29, 1.82) is 0 Å². The molecule has 1 aromatic carbocycles. The highest BCUT2D eigenvalue weighted by Crippen LogP contribution is 2.32. The lowest BCUT2D eigenvalue weighted by Crippen LogP contribution is -1.93. The normalized spacial score (nSPS) is 11.6. The lowest BCUT2D eigenvalue weighted by molar-refractivity contribution is 0.514. The zero-order valence-electron chi connectivity index (χ0n) is 19.1. The van der Waals surface area contributed by atoms with Crippen LogP contribution in [0.1, 0.15) is 96.8 Å². The van der Waals surface area contributed by atoms with Crippen molar-refractivity contribution >= 4 is 33.7 Å². The Balaban J connectivity index is 1.23. The molecule has 0 unspecified atom stereocenters. The summed E-state index contributed by atoms with van der Waals surface area (Å²) >= 11 is 1.76. The molecule has 31 heavy (non-hydrogen) atoms. The highest BCUT2D eigenvalue weighted by molar-refractivity contribution is 7.99. The Bertz CT molecular complexity index is 956. The second-order valence-corrected chi connectivity index (χ2v) is 9.76. The number of benzene rings is 1. The monoisotopic (exact) mass is 442 g/mol. The van der Waals surface area contributed by atoms with Gasteiger partial charge in [0, 0.05) is 23.3 Å². The minimum absolute atomic E-state index is 0.321. The quantitative estimate of drug-likeness (QED) is 0.126. The number of rotatable bonds is 16. The van der Waals surface area contributed by atoms with E-state index in [9.17, 15) is 4.79 Å². The number of hydrogen-bond acceptors (Lipinski definition) is 4. The molecular formula is C27H38O3S. The van der Waals surface area contributed by atoms with Crippen LogP contribution in [0.4, 0.5) is 0 Å². The molecule has 0 aliphatic heterocycles. The van der Waals surface area contributed by atoms with Crippen molar-refractivity contribution in [3.05, 3.63) is 40.8 Å². The summed E-state index contributed by atoms with van der Waals surface area (Å²) in [6, 6.07) is 9.16. The van der Waals surface area contributed by atoms with Crippen LogP contribution in [0.5, 0.6) is 0 Å². The second-order valence-electron chi connectivity index (χ2n) is 8.66. The van der Waals surface area contributed by atoms with Gasteiger partial charge in [-0.2, -0.15) is 0 Å². The van der Waals surface area contributed by atoms with Gasteiger partial charge in [-0.15, -0.1) is 0 Å². The van der Waals surface area contributed by atoms with Crippen LogP contribution in [0.3, 0.4) is 0 Å². The average Bonchev–Trinajstić information content (AvgIpc) is 3.20. The Morgan fingerprint density at radius 2 is 1.29 bits per heavy atom. The minimum Gasteiger partial charge on any atom is -0.450 e. The van der Waals surface area contributed by atoms with Crippen molar-refractivity contribution in [3.8, 4) is 0 Å². The number of hydrogen-bond donors (Lipinski definition) is 0. The van der Waals surface area contributed by atoms with Crippen molar-refractivity contribution in [2.45, 2.75) is 102 Å². The van der Waals surface area contributed by atoms with Gasteiger partial charge in [-0.05, 0) is 24.6 Å². The van der Waals surface area contributed by atoms with Gasteiger partial charge in [0.15, 0.2) is 5.09 Å². The Kier molecular flexibility index (Phi) is 10.6. The number of thioether (sulfide) groups is 1. The largest absolute Gasteiger partial charge is 0.450 e. The fourth-order valence-corrected chi connectivity index (χ4v) is 5.06. The SMILES string of the molecule is CCCCCCCCCCCCCCCCSc1cc2c(ccc3ccc(=O)oc32)o1. The molecule has 4 heteroatoms. The summed E-state index contributed by atoms with van der Waals surface area (Å²) in [7, 11) is 0. The van der Waals surface area contributed by atoms with E-state index < -0.39 is 0 Å². The molecule has 3 rings (SSSR count). The van der Waals surface area contributed by atoms with Gasteiger partial charge in [0.2, 0.25) is 0 Å². The highest BCUT2D eigenvalue weighted by Gasteiger charge is 2.10. The van der Waals surface area contributed by atoms with Gasteiger partial charge in [0.25, 0.3) is 0 Å². The lowest BCUT2D eigenvalue weighted by atomic mass is 10.0. The van der Waals surface area contributed by atoms with Crippen LogP contribution in [0.2, 0.25) is 0 Å². The van der Waals surface area contributed by atoms with Crippen LogP contribution in [-0.2, 0) is 0 Å². The average molecular weight is 443 g/mol. The van der Waals surface area contributed by atoms with Crippen molar-refractivity contribution in [3.63, 3.8) is 0 Å². The molecule has 0 N–H and O–H groups in total. The maximum Gasteiger partial charge on any atom is 0.336 e. The summed E-state index contributed by atoms with van der Waals surface area (Å²) in [4.78, 5) is 11.6. The second kappa shape index (κ2) is 13.7. The first-order valence-corrected chi connectivity index (χ1v) is 13.4. The third kappa shape index (κ3) is 8.07. The number of furan rings is 1. The first kappa shape index (κ1) is 24.0. The molecule has 3 nitrogen and oxygen atoms in total. The van der Waals surface area contributed by atoms with E-state index in [2.05, 4.69) is 6.92 Å². The van der Waals surface area contributed by atoms with Crippen molar-refractivity contribution < 1.29 is 8.83 Å². The summed E-state index contributed by atoms with van der Waals surface area (Å²) in [5.74, 6) is 1.07. The topological polar surface area (TPSA) is 43.4 Å². The molecule has 0 aliphatic rings. The van der Waals surface area contributed by atoms with Crippen LogP contribution in [0.25, 0.3) is 21.9 Å². The maximum atomic E-state index is 11.6. The first-order chi connectivity index (χ1) is 15.3. The van der Waals surface area contributed by atoms with Gasteiger partial charge >= 0.3 is 5.63 Å².